The van der Waals surface area contributed by atoms with Gasteiger partial charge in [-0.2, -0.15) is 0 Å². The monoisotopic (exact) mass is 1010 g/mol. The Labute approximate surface area is 415 Å². The molecule has 3 aromatic carbocycles. The van der Waals surface area contributed by atoms with Gasteiger partial charge in [0.1, 0.15) is 6.04 Å². The van der Waals surface area contributed by atoms with E-state index in [-0.39, 0.29) is 42.4 Å². The molecule has 0 bridgehead atoms. The summed E-state index contributed by atoms with van der Waals surface area (Å²) < 4.78 is 28.5. The van der Waals surface area contributed by atoms with Gasteiger partial charge in [0.2, 0.25) is 11.8 Å². The number of carbonyl (C=O) groups is 6. The molecule has 0 aliphatic carbocycles. The van der Waals surface area contributed by atoms with Gasteiger partial charge in [0.25, 0.3) is 17.7 Å². The minimum atomic E-state index is -1.03. The standard InChI is InChI=1S/C48H52N10O11S2/c1-65-28-69-46(64)41-38(71-48(52-41)56-19-16-29-7-4-8-31(33(29)26-56)42(60)53-47-50-34-10-2-3-12-37(34)70-47)13-6-18-57-25-30(54-55-57)27-68-24-23-67-22-21-66-20-17-49-35-11-5-9-32-40(35)45(63)58(44(32)62)36-14-15-39(59)51-43(36)61/h2-5,7-12,25,36,49,54-55H,6,13-24,26-28H2,1H3,(H,50,53,60)(H,51,59,61). The van der Waals surface area contributed by atoms with Gasteiger partial charge in [-0.3, -0.25) is 44.5 Å². The topological polar surface area (TPSA) is 244 Å². The lowest BCUT2D eigenvalue weighted by Gasteiger charge is -2.29. The second-order valence-electron chi connectivity index (χ2n) is 16.7. The van der Waals surface area contributed by atoms with Crippen LogP contribution in [0, 0.1) is 0 Å². The first-order valence-electron chi connectivity index (χ1n) is 23.1. The number of hydrogen-bond acceptors (Lipinski definition) is 20. The van der Waals surface area contributed by atoms with Crippen LogP contribution in [0.4, 0.5) is 16.0 Å². The molecule has 372 valence electrons. The lowest BCUT2D eigenvalue weighted by molar-refractivity contribution is -0.136. The summed E-state index contributed by atoms with van der Waals surface area (Å²) in [5.41, 5.74) is 11.6. The number of para-hydroxylation sites is 1. The van der Waals surface area contributed by atoms with E-state index in [1.165, 1.54) is 29.8 Å². The molecule has 5 amide bonds. The predicted molar refractivity (Wildman–Crippen MR) is 262 cm³/mol. The number of ether oxygens (including phenoxy) is 5. The maximum atomic E-state index is 13.6. The Morgan fingerprint density at radius 1 is 0.887 bits per heavy atom. The van der Waals surface area contributed by atoms with Gasteiger partial charge in [-0.05, 0) is 67.1 Å². The zero-order valence-corrected chi connectivity index (χ0v) is 40.4. The highest BCUT2D eigenvalue weighted by Crippen LogP contribution is 2.35. The van der Waals surface area contributed by atoms with Crippen molar-refractivity contribution < 1.29 is 52.5 Å². The number of anilines is 3. The summed E-state index contributed by atoms with van der Waals surface area (Å²) in [6.45, 7) is 3.94. The van der Waals surface area contributed by atoms with E-state index in [1.807, 2.05) is 53.7 Å². The number of aromatic nitrogens is 2. The Bertz CT molecular complexity index is 2820. The third-order valence-corrected chi connectivity index (χ3v) is 14.1. The fraction of sp³-hybridized carbons (Fsp3) is 0.375. The van der Waals surface area contributed by atoms with Crippen LogP contribution in [0.1, 0.15) is 76.8 Å². The smallest absolute Gasteiger partial charge is 0.360 e. The number of imide groups is 2. The number of carbonyl (C=O) groups excluding carboxylic acids is 6. The number of hydrogen-bond donors (Lipinski definition) is 5. The van der Waals surface area contributed by atoms with Gasteiger partial charge in [0.05, 0.1) is 66.7 Å². The second-order valence-corrected chi connectivity index (χ2v) is 18.8. The van der Waals surface area contributed by atoms with Crippen molar-refractivity contribution in [1.82, 2.24) is 36.2 Å². The molecule has 71 heavy (non-hydrogen) atoms. The Hall–Kier alpha value is -6.86. The van der Waals surface area contributed by atoms with Gasteiger partial charge in [-0.1, -0.05) is 41.7 Å². The van der Waals surface area contributed by atoms with Crippen LogP contribution in [-0.4, -0.2) is 135 Å². The van der Waals surface area contributed by atoms with Crippen molar-refractivity contribution in [2.75, 3.05) is 88.7 Å². The van der Waals surface area contributed by atoms with Crippen molar-refractivity contribution >= 4 is 84.3 Å². The number of nitrogens with zero attached hydrogens (tertiary/aromatic N) is 5. The van der Waals surface area contributed by atoms with Crippen molar-refractivity contribution in [2.45, 2.75) is 44.7 Å². The third-order valence-electron chi connectivity index (χ3n) is 12.0. The highest BCUT2D eigenvalue weighted by atomic mass is 32.1. The fourth-order valence-corrected chi connectivity index (χ4v) is 10.5. The molecule has 2 aromatic heterocycles. The van der Waals surface area contributed by atoms with Crippen molar-refractivity contribution in [3.8, 4) is 0 Å². The largest absolute Gasteiger partial charge is 0.434 e. The van der Waals surface area contributed by atoms with E-state index < -0.39 is 35.6 Å². The van der Waals surface area contributed by atoms with Gasteiger partial charge in [0.15, 0.2) is 22.7 Å². The number of esters is 1. The lowest BCUT2D eigenvalue weighted by atomic mass is 9.94. The molecular formula is C48H52N10O11S2. The van der Waals surface area contributed by atoms with Crippen LogP contribution in [0.2, 0.25) is 0 Å². The van der Waals surface area contributed by atoms with E-state index in [1.54, 1.807) is 18.2 Å². The van der Waals surface area contributed by atoms with Crippen LogP contribution >= 0.6 is 22.7 Å². The first-order valence-corrected chi connectivity index (χ1v) is 24.8. The minimum Gasteiger partial charge on any atom is -0.434 e. The van der Waals surface area contributed by atoms with Gasteiger partial charge < -0.3 is 39.3 Å². The number of thiazole rings is 2. The number of nitrogens with one attached hydrogen (secondary N) is 5. The molecule has 1 saturated heterocycles. The second kappa shape index (κ2) is 22.9. The maximum Gasteiger partial charge on any atom is 0.360 e. The van der Waals surface area contributed by atoms with Crippen molar-refractivity contribution in [3.05, 3.63) is 111 Å². The summed E-state index contributed by atoms with van der Waals surface area (Å²) in [6.07, 6.45) is 4.03. The normalized spacial score (nSPS) is 16.5. The van der Waals surface area contributed by atoms with Crippen molar-refractivity contribution in [3.63, 3.8) is 0 Å². The van der Waals surface area contributed by atoms with E-state index in [2.05, 4.69) is 36.8 Å². The number of benzene rings is 3. The van der Waals surface area contributed by atoms with Crippen LogP contribution in [0.5, 0.6) is 0 Å². The molecule has 0 saturated carbocycles. The van der Waals surface area contributed by atoms with E-state index in [4.69, 9.17) is 28.7 Å². The highest BCUT2D eigenvalue weighted by molar-refractivity contribution is 7.22. The van der Waals surface area contributed by atoms with Crippen LogP contribution < -0.4 is 31.8 Å². The van der Waals surface area contributed by atoms with E-state index in [0.717, 1.165) is 36.8 Å². The first kappa shape index (κ1) is 49.1. The third kappa shape index (κ3) is 11.5. The van der Waals surface area contributed by atoms with Gasteiger partial charge in [-0.25, -0.2) is 14.8 Å². The summed E-state index contributed by atoms with van der Waals surface area (Å²) >= 11 is 2.88. The summed E-state index contributed by atoms with van der Waals surface area (Å²) in [7, 11) is 1.45. The number of methoxy groups -OCH3 is 1. The lowest BCUT2D eigenvalue weighted by Crippen LogP contribution is -2.54. The van der Waals surface area contributed by atoms with Crippen LogP contribution in [0.15, 0.2) is 72.6 Å². The summed E-state index contributed by atoms with van der Waals surface area (Å²) in [4.78, 5) is 90.4. The Morgan fingerprint density at radius 2 is 1.70 bits per heavy atom. The fourth-order valence-electron chi connectivity index (χ4n) is 8.57. The molecule has 5 aromatic rings. The molecule has 1 unspecified atom stereocenters. The average Bonchev–Trinajstić information content (AvgIpc) is 4.17. The molecule has 0 radical (unpaired) electrons. The quantitative estimate of drug-likeness (QED) is 0.0269. The number of aryl methyl sites for hydroxylation is 1. The Morgan fingerprint density at radius 3 is 2.54 bits per heavy atom. The first-order chi connectivity index (χ1) is 34.6. The molecule has 4 aliphatic rings. The van der Waals surface area contributed by atoms with Crippen LogP contribution in [-0.2, 0) is 52.7 Å². The zero-order chi connectivity index (χ0) is 49.3. The highest BCUT2D eigenvalue weighted by Gasteiger charge is 2.45. The molecule has 21 nitrogen and oxygen atoms in total. The molecule has 1 atom stereocenters. The average molecular weight is 1010 g/mol. The zero-order valence-electron chi connectivity index (χ0n) is 38.8. The van der Waals surface area contributed by atoms with E-state index >= 15 is 0 Å². The molecule has 23 heteroatoms. The van der Waals surface area contributed by atoms with Crippen molar-refractivity contribution in [1.29, 1.82) is 0 Å². The molecule has 0 spiro atoms. The maximum absolute atomic E-state index is 13.6. The predicted octanol–water partition coefficient (Wildman–Crippen LogP) is 3.99. The molecule has 6 heterocycles. The Kier molecular flexibility index (Phi) is 15.9. The summed E-state index contributed by atoms with van der Waals surface area (Å²) in [6, 6.07) is 17.4. The number of rotatable bonds is 23. The van der Waals surface area contributed by atoms with E-state index in [0.29, 0.717) is 107 Å². The number of fused-ring (bicyclic) bond motifs is 3. The van der Waals surface area contributed by atoms with E-state index in [9.17, 15) is 28.8 Å². The molecule has 4 aliphatic heterocycles. The van der Waals surface area contributed by atoms with Gasteiger partial charge >= 0.3 is 5.97 Å². The summed E-state index contributed by atoms with van der Waals surface area (Å²) in [5, 5.41) is 11.5. The molecule has 1 fully saturated rings. The number of piperidine rings is 1. The molecular weight excluding hydrogens is 957 g/mol. The molecule has 5 N–H and O–H groups in total. The van der Waals surface area contributed by atoms with Crippen LogP contribution in [0.3, 0.4) is 0 Å². The van der Waals surface area contributed by atoms with Gasteiger partial charge in [0, 0.05) is 62.0 Å². The SMILES string of the molecule is COCOC(=O)c1nc(N2CCc3cccc(C(=O)Nc4nc5ccccc5s4)c3C2)sc1CCCN1C=C(COCCOCCOCCNc2cccc3c2C(=O)N(C2CCC(=O)NC2=O)C3=O)NN1. The number of amides is 5. The molecule has 9 rings (SSSR count). The minimum absolute atomic E-state index is 0.0508. The summed E-state index contributed by atoms with van der Waals surface area (Å²) in [5.74, 6) is -3.00. The van der Waals surface area contributed by atoms with Crippen LogP contribution in [0.25, 0.3) is 10.2 Å². The Balaban J connectivity index is 0.680. The van der Waals surface area contributed by atoms with Gasteiger partial charge in [-0.15, -0.1) is 16.9 Å². The van der Waals surface area contributed by atoms with Crippen molar-refractivity contribution in [2.24, 2.45) is 0 Å². The number of hydrazine groups is 2.